The van der Waals surface area contributed by atoms with Crippen LogP contribution in [0.4, 0.5) is 5.69 Å². The molecular weight excluding hydrogens is 474 g/mol. The van der Waals surface area contributed by atoms with E-state index in [0.717, 1.165) is 22.3 Å². The van der Waals surface area contributed by atoms with Gasteiger partial charge in [-0.05, 0) is 46.5 Å². The summed E-state index contributed by atoms with van der Waals surface area (Å²) in [5.41, 5.74) is 6.60. The number of benzene rings is 4. The lowest BCUT2D eigenvalue weighted by Crippen LogP contribution is -2.54. The second kappa shape index (κ2) is 8.35. The summed E-state index contributed by atoms with van der Waals surface area (Å²) in [7, 11) is 0. The molecule has 4 aromatic rings. The summed E-state index contributed by atoms with van der Waals surface area (Å²) in [4.78, 5) is 42.4. The Kier molecular flexibility index (Phi) is 4.91. The Bertz CT molecular complexity index is 1580. The molecule has 8 rings (SSSR count). The van der Waals surface area contributed by atoms with Crippen LogP contribution >= 0.6 is 0 Å². The predicted octanol–water partition coefficient (Wildman–Crippen LogP) is 4.65. The van der Waals surface area contributed by atoms with E-state index in [9.17, 15) is 14.4 Å². The van der Waals surface area contributed by atoms with Gasteiger partial charge in [-0.15, -0.1) is 0 Å². The lowest BCUT2D eigenvalue weighted by molar-refractivity contribution is -0.122. The molecule has 2 unspecified atom stereocenters. The summed E-state index contributed by atoms with van der Waals surface area (Å²) in [6.07, 6.45) is 1.68. The Morgan fingerprint density at radius 1 is 0.737 bits per heavy atom. The smallest absolute Gasteiger partial charge is 0.271 e. The summed E-state index contributed by atoms with van der Waals surface area (Å²) >= 11 is 0. The van der Waals surface area contributed by atoms with Crippen molar-refractivity contribution in [1.29, 1.82) is 0 Å². The number of carbonyl (C=O) groups excluding carboxylic acids is 3. The first-order chi connectivity index (χ1) is 18.6. The second-order valence-electron chi connectivity index (χ2n) is 9.94. The van der Waals surface area contributed by atoms with Crippen LogP contribution in [0.5, 0.6) is 0 Å². The number of nitrogens with one attached hydrogen (secondary N) is 1. The molecule has 1 N–H and O–H groups in total. The van der Waals surface area contributed by atoms with Crippen LogP contribution < -0.4 is 10.3 Å². The number of rotatable bonds is 4. The van der Waals surface area contributed by atoms with E-state index >= 15 is 0 Å². The average Bonchev–Trinajstić information content (AvgIpc) is 3.24. The number of carbonyl (C=O) groups is 3. The van der Waals surface area contributed by atoms with Crippen molar-refractivity contribution in [3.63, 3.8) is 0 Å². The molecule has 6 nitrogen and oxygen atoms in total. The molecule has 1 heterocycles. The van der Waals surface area contributed by atoms with E-state index in [4.69, 9.17) is 0 Å². The number of para-hydroxylation sites is 1. The molecule has 3 amide bonds. The van der Waals surface area contributed by atoms with Crippen LogP contribution in [0.3, 0.4) is 0 Å². The van der Waals surface area contributed by atoms with E-state index < -0.39 is 17.3 Å². The number of hydrazone groups is 1. The molecular formula is C32H23N3O3. The van der Waals surface area contributed by atoms with Crippen LogP contribution in [0, 0.1) is 11.8 Å². The Balaban J connectivity index is 1.42. The third-order valence-corrected chi connectivity index (χ3v) is 8.17. The summed E-state index contributed by atoms with van der Waals surface area (Å²) < 4.78 is 0. The zero-order valence-electron chi connectivity index (χ0n) is 20.3. The zero-order chi connectivity index (χ0) is 25.9. The molecule has 0 saturated carbocycles. The lowest BCUT2D eigenvalue weighted by atomic mass is 9.47. The fourth-order valence-corrected chi connectivity index (χ4v) is 6.73. The van der Waals surface area contributed by atoms with Gasteiger partial charge in [-0.25, -0.2) is 10.3 Å². The van der Waals surface area contributed by atoms with Gasteiger partial charge in [0.2, 0.25) is 11.8 Å². The largest absolute Gasteiger partial charge is 0.274 e. The van der Waals surface area contributed by atoms with Gasteiger partial charge in [-0.3, -0.25) is 14.4 Å². The van der Waals surface area contributed by atoms with Gasteiger partial charge in [0.05, 0.1) is 22.9 Å². The Hall–Kier alpha value is -4.84. The van der Waals surface area contributed by atoms with Gasteiger partial charge >= 0.3 is 0 Å². The molecule has 2 bridgehead atoms. The van der Waals surface area contributed by atoms with Crippen molar-refractivity contribution in [1.82, 2.24) is 5.43 Å². The maximum Gasteiger partial charge on any atom is 0.271 e. The van der Waals surface area contributed by atoms with E-state index in [0.29, 0.717) is 11.3 Å². The van der Waals surface area contributed by atoms with Gasteiger partial charge in [-0.1, -0.05) is 84.9 Å². The van der Waals surface area contributed by atoms with E-state index in [-0.39, 0.29) is 23.6 Å². The standard InChI is InChI=1S/C32H23N3O3/c36-29(20-11-3-1-4-12-20)34-33-19-32-24-17-9-7-15-22(24)26(23-16-8-10-18-25(23)32)27-28(32)31(38)35(30(27)37)21-13-5-2-6-14-21/h1-19,26-28H,(H,34,36). The fraction of sp³-hybridized carbons (Fsp3) is 0.125. The first kappa shape index (κ1) is 22.4. The monoisotopic (exact) mass is 497 g/mol. The van der Waals surface area contributed by atoms with Gasteiger partial charge in [0.25, 0.3) is 5.91 Å². The number of nitrogens with zero attached hydrogens (tertiary/aromatic N) is 2. The highest BCUT2D eigenvalue weighted by atomic mass is 16.2. The summed E-state index contributed by atoms with van der Waals surface area (Å²) in [6, 6.07) is 33.9. The van der Waals surface area contributed by atoms with Crippen LogP contribution in [0.1, 0.15) is 38.5 Å². The van der Waals surface area contributed by atoms with Gasteiger partial charge in [0.1, 0.15) is 0 Å². The van der Waals surface area contributed by atoms with Crippen molar-refractivity contribution in [2.45, 2.75) is 11.3 Å². The molecule has 6 heteroatoms. The van der Waals surface area contributed by atoms with Crippen LogP contribution in [0.15, 0.2) is 114 Å². The summed E-state index contributed by atoms with van der Waals surface area (Å²) in [5, 5.41) is 4.45. The van der Waals surface area contributed by atoms with Crippen molar-refractivity contribution in [2.24, 2.45) is 16.9 Å². The highest BCUT2D eigenvalue weighted by Crippen LogP contribution is 2.63. The minimum Gasteiger partial charge on any atom is -0.274 e. The number of hydrogen-bond acceptors (Lipinski definition) is 4. The molecule has 0 spiro atoms. The summed E-state index contributed by atoms with van der Waals surface area (Å²) in [5.74, 6) is -2.31. The normalized spacial score (nSPS) is 24.7. The first-order valence-electron chi connectivity index (χ1n) is 12.6. The minimum absolute atomic E-state index is 0.202. The molecule has 0 aromatic heterocycles. The maximum atomic E-state index is 14.2. The molecule has 1 saturated heterocycles. The molecule has 1 fully saturated rings. The van der Waals surface area contributed by atoms with Gasteiger partial charge in [0.15, 0.2) is 0 Å². The van der Waals surface area contributed by atoms with Crippen molar-refractivity contribution in [3.05, 3.63) is 137 Å². The highest BCUT2D eigenvalue weighted by Gasteiger charge is 2.68. The van der Waals surface area contributed by atoms with Crippen LogP contribution in [0.2, 0.25) is 0 Å². The van der Waals surface area contributed by atoms with Gasteiger partial charge in [0, 0.05) is 17.7 Å². The Labute approximate surface area is 219 Å². The topological polar surface area (TPSA) is 78.8 Å². The number of anilines is 1. The number of imide groups is 1. The van der Waals surface area contributed by atoms with E-state index in [1.54, 1.807) is 42.6 Å². The van der Waals surface area contributed by atoms with Crippen molar-refractivity contribution in [3.8, 4) is 0 Å². The van der Waals surface area contributed by atoms with Crippen molar-refractivity contribution >= 4 is 29.6 Å². The third-order valence-electron chi connectivity index (χ3n) is 8.17. The van der Waals surface area contributed by atoms with Gasteiger partial charge in [-0.2, -0.15) is 5.10 Å². The molecule has 38 heavy (non-hydrogen) atoms. The number of amides is 3. The molecule has 3 aliphatic carbocycles. The molecule has 184 valence electrons. The van der Waals surface area contributed by atoms with Crippen LogP contribution in [0.25, 0.3) is 0 Å². The van der Waals surface area contributed by atoms with E-state index in [1.807, 2.05) is 72.8 Å². The van der Waals surface area contributed by atoms with Gasteiger partial charge < -0.3 is 0 Å². The fourth-order valence-electron chi connectivity index (χ4n) is 6.73. The predicted molar refractivity (Wildman–Crippen MR) is 144 cm³/mol. The van der Waals surface area contributed by atoms with Crippen molar-refractivity contribution in [2.75, 3.05) is 4.90 Å². The molecule has 4 aliphatic rings. The first-order valence-corrected chi connectivity index (χ1v) is 12.6. The van der Waals surface area contributed by atoms with E-state index in [1.165, 1.54) is 4.90 Å². The number of hydrogen-bond donors (Lipinski definition) is 1. The Morgan fingerprint density at radius 3 is 1.92 bits per heavy atom. The maximum absolute atomic E-state index is 14.2. The van der Waals surface area contributed by atoms with Crippen LogP contribution in [-0.2, 0) is 15.0 Å². The van der Waals surface area contributed by atoms with Crippen LogP contribution in [-0.4, -0.2) is 23.9 Å². The van der Waals surface area contributed by atoms with Crippen molar-refractivity contribution < 1.29 is 14.4 Å². The highest BCUT2D eigenvalue weighted by molar-refractivity contribution is 6.25. The quantitative estimate of drug-likeness (QED) is 0.253. The average molecular weight is 498 g/mol. The molecule has 1 aliphatic heterocycles. The van der Waals surface area contributed by atoms with E-state index in [2.05, 4.69) is 10.5 Å². The molecule has 2 atom stereocenters. The zero-order valence-corrected chi connectivity index (χ0v) is 20.3. The minimum atomic E-state index is -1.02. The SMILES string of the molecule is O=C(NN=CC12c3ccccc3C(c3ccccc31)C1C(=O)N(c3ccccc3)C(=O)C12)c1ccccc1. The third kappa shape index (κ3) is 2.94. The lowest BCUT2D eigenvalue weighted by Gasteiger charge is -2.52. The summed E-state index contributed by atoms with van der Waals surface area (Å²) in [6.45, 7) is 0. The second-order valence-corrected chi connectivity index (χ2v) is 9.94. The molecule has 4 aromatic carbocycles. The molecule has 0 radical (unpaired) electrons. The Morgan fingerprint density at radius 2 is 1.29 bits per heavy atom.